The number of benzene rings is 2. The van der Waals surface area contributed by atoms with Gasteiger partial charge in [0.25, 0.3) is 0 Å². The molecule has 1 saturated carbocycles. The fourth-order valence-electron chi connectivity index (χ4n) is 4.90. The van der Waals surface area contributed by atoms with Crippen LogP contribution in [0.5, 0.6) is 0 Å². The zero-order valence-electron chi connectivity index (χ0n) is 18.4. The Bertz CT molecular complexity index is 1260. The molecule has 3 aromatic rings. The first-order chi connectivity index (χ1) is 15.4. The second kappa shape index (κ2) is 8.37. The highest BCUT2D eigenvalue weighted by Crippen LogP contribution is 2.33. The summed E-state index contributed by atoms with van der Waals surface area (Å²) in [4.78, 5) is 7.45. The number of aromatic nitrogens is 1. The summed E-state index contributed by atoms with van der Waals surface area (Å²) in [6.07, 6.45) is 4.46. The maximum absolute atomic E-state index is 12.8. The van der Waals surface area contributed by atoms with Crippen LogP contribution in [-0.4, -0.2) is 37.8 Å². The van der Waals surface area contributed by atoms with Crippen molar-refractivity contribution in [3.8, 4) is 0 Å². The molecule has 168 valence electrons. The molecule has 1 aliphatic heterocycles. The number of hydrogen-bond donors (Lipinski definition) is 2. The van der Waals surface area contributed by atoms with Crippen molar-refractivity contribution in [1.82, 2.24) is 4.98 Å². The Morgan fingerprint density at radius 3 is 2.75 bits per heavy atom. The minimum Gasteiger partial charge on any atom is -0.380 e. The van der Waals surface area contributed by atoms with Crippen LogP contribution in [0, 0.1) is 6.92 Å². The van der Waals surface area contributed by atoms with E-state index in [1.54, 1.807) is 12.1 Å². The quantitative estimate of drug-likeness (QED) is 0.627. The highest BCUT2D eigenvalue weighted by atomic mass is 32.2. The van der Waals surface area contributed by atoms with E-state index in [0.717, 1.165) is 40.8 Å². The SMILES string of the molecule is Cc1ccc2nc(N3CCS(=O)(=O)c4ccccc4C3)cc(NC3CCCCC3N)c2c1. The molecule has 5 rings (SSSR count). The van der Waals surface area contributed by atoms with Gasteiger partial charge in [-0.2, -0.15) is 0 Å². The molecule has 3 N–H and O–H groups in total. The predicted molar refractivity (Wildman–Crippen MR) is 130 cm³/mol. The van der Waals surface area contributed by atoms with Gasteiger partial charge in [-0.05, 0) is 43.5 Å². The highest BCUT2D eigenvalue weighted by Gasteiger charge is 2.27. The van der Waals surface area contributed by atoms with Gasteiger partial charge < -0.3 is 16.0 Å². The van der Waals surface area contributed by atoms with Gasteiger partial charge in [-0.1, -0.05) is 42.7 Å². The molecule has 0 spiro atoms. The van der Waals surface area contributed by atoms with Crippen molar-refractivity contribution in [2.45, 2.75) is 56.1 Å². The maximum atomic E-state index is 12.8. The Kier molecular flexibility index (Phi) is 5.55. The number of nitrogens with two attached hydrogens (primary N) is 1. The Hall–Kier alpha value is -2.64. The van der Waals surface area contributed by atoms with Crippen molar-refractivity contribution >= 4 is 32.2 Å². The minimum atomic E-state index is -3.31. The minimum absolute atomic E-state index is 0.0773. The molecule has 32 heavy (non-hydrogen) atoms. The summed E-state index contributed by atoms with van der Waals surface area (Å²) in [5.74, 6) is 0.869. The number of rotatable bonds is 3. The highest BCUT2D eigenvalue weighted by molar-refractivity contribution is 7.91. The van der Waals surface area contributed by atoms with E-state index in [1.165, 1.54) is 18.4 Å². The maximum Gasteiger partial charge on any atom is 0.180 e. The largest absolute Gasteiger partial charge is 0.380 e. The normalized spacial score (nSPS) is 22.9. The summed E-state index contributed by atoms with van der Waals surface area (Å²) in [6, 6.07) is 16.0. The molecule has 1 aliphatic carbocycles. The Morgan fingerprint density at radius 2 is 1.91 bits per heavy atom. The van der Waals surface area contributed by atoms with Crippen LogP contribution in [0.2, 0.25) is 0 Å². The van der Waals surface area contributed by atoms with E-state index in [4.69, 9.17) is 10.7 Å². The molecule has 2 unspecified atom stereocenters. The molecule has 2 atom stereocenters. The Morgan fingerprint density at radius 1 is 1.09 bits per heavy atom. The lowest BCUT2D eigenvalue weighted by atomic mass is 9.90. The summed E-state index contributed by atoms with van der Waals surface area (Å²) in [6.45, 7) is 3.01. The van der Waals surface area contributed by atoms with Gasteiger partial charge in [0.15, 0.2) is 9.84 Å². The van der Waals surface area contributed by atoms with Crippen molar-refractivity contribution in [2.75, 3.05) is 22.5 Å². The van der Waals surface area contributed by atoms with E-state index < -0.39 is 9.84 Å². The third-order valence-corrected chi connectivity index (χ3v) is 8.52. The Balaban J connectivity index is 1.57. The molecule has 2 aromatic carbocycles. The first-order valence-electron chi connectivity index (χ1n) is 11.4. The van der Waals surface area contributed by atoms with Gasteiger partial charge in [0.2, 0.25) is 0 Å². The fourth-order valence-corrected chi connectivity index (χ4v) is 6.40. The zero-order valence-corrected chi connectivity index (χ0v) is 19.2. The van der Waals surface area contributed by atoms with Crippen LogP contribution >= 0.6 is 0 Å². The van der Waals surface area contributed by atoms with Crippen LogP contribution in [0.3, 0.4) is 0 Å². The average Bonchev–Trinajstić information content (AvgIpc) is 2.91. The lowest BCUT2D eigenvalue weighted by Crippen LogP contribution is -2.42. The van der Waals surface area contributed by atoms with Gasteiger partial charge in [-0.3, -0.25) is 0 Å². The second-order valence-corrected chi connectivity index (χ2v) is 11.2. The van der Waals surface area contributed by atoms with E-state index in [-0.39, 0.29) is 17.8 Å². The standard InChI is InChI=1S/C25H30N4O2S/c1-17-10-11-21-19(14-17)23(27-22-8-4-3-7-20(22)26)15-25(28-21)29-12-13-32(30,31)24-9-5-2-6-18(24)16-29/h2,5-6,9-11,14-15,20,22H,3-4,7-8,12-13,16,26H2,1H3,(H,27,28). The molecule has 2 aliphatic rings. The van der Waals surface area contributed by atoms with Crippen molar-refractivity contribution in [2.24, 2.45) is 5.73 Å². The van der Waals surface area contributed by atoms with Crippen LogP contribution in [0.1, 0.15) is 36.8 Å². The molecular formula is C25H30N4O2S. The molecular weight excluding hydrogens is 420 g/mol. The lowest BCUT2D eigenvalue weighted by molar-refractivity contribution is 0.404. The van der Waals surface area contributed by atoms with Gasteiger partial charge in [-0.25, -0.2) is 13.4 Å². The number of sulfone groups is 1. The zero-order chi connectivity index (χ0) is 22.3. The summed E-state index contributed by atoms with van der Waals surface area (Å²) >= 11 is 0. The van der Waals surface area contributed by atoms with Crippen molar-refractivity contribution in [3.63, 3.8) is 0 Å². The molecule has 1 fully saturated rings. The van der Waals surface area contributed by atoms with E-state index >= 15 is 0 Å². The smallest absolute Gasteiger partial charge is 0.180 e. The monoisotopic (exact) mass is 450 g/mol. The number of fused-ring (bicyclic) bond motifs is 2. The Labute approximate surface area is 189 Å². The van der Waals surface area contributed by atoms with Crippen molar-refractivity contribution < 1.29 is 8.42 Å². The number of pyridine rings is 1. The lowest BCUT2D eigenvalue weighted by Gasteiger charge is -2.31. The van der Waals surface area contributed by atoms with Gasteiger partial charge in [0, 0.05) is 42.3 Å². The van der Waals surface area contributed by atoms with Gasteiger partial charge >= 0.3 is 0 Å². The van der Waals surface area contributed by atoms with E-state index in [0.29, 0.717) is 18.0 Å². The fraction of sp³-hybridized carbons (Fsp3) is 0.400. The van der Waals surface area contributed by atoms with Crippen LogP contribution in [0.4, 0.5) is 11.5 Å². The van der Waals surface area contributed by atoms with E-state index in [2.05, 4.69) is 35.3 Å². The molecule has 2 heterocycles. The molecule has 6 nitrogen and oxygen atoms in total. The summed E-state index contributed by atoms with van der Waals surface area (Å²) in [5, 5.41) is 4.80. The van der Waals surface area contributed by atoms with Gasteiger partial charge in [-0.15, -0.1) is 0 Å². The van der Waals surface area contributed by atoms with Crippen LogP contribution in [0.25, 0.3) is 10.9 Å². The van der Waals surface area contributed by atoms with Crippen molar-refractivity contribution in [1.29, 1.82) is 0 Å². The number of anilines is 2. The molecule has 0 amide bonds. The van der Waals surface area contributed by atoms with Crippen LogP contribution in [-0.2, 0) is 16.4 Å². The summed E-state index contributed by atoms with van der Waals surface area (Å²) in [7, 11) is -3.31. The van der Waals surface area contributed by atoms with Crippen LogP contribution in [0.15, 0.2) is 53.4 Å². The third-order valence-electron chi connectivity index (χ3n) is 6.73. The number of aryl methyl sites for hydroxylation is 1. The number of nitrogens with zero attached hydrogens (tertiary/aromatic N) is 2. The number of nitrogens with one attached hydrogen (secondary N) is 1. The molecule has 0 saturated heterocycles. The average molecular weight is 451 g/mol. The van der Waals surface area contributed by atoms with Gasteiger partial charge in [0.1, 0.15) is 5.82 Å². The molecule has 0 radical (unpaired) electrons. The van der Waals surface area contributed by atoms with Crippen molar-refractivity contribution in [3.05, 3.63) is 59.7 Å². The first kappa shape index (κ1) is 21.2. The first-order valence-corrected chi connectivity index (χ1v) is 13.0. The summed E-state index contributed by atoms with van der Waals surface area (Å²) in [5.41, 5.74) is 10.4. The van der Waals surface area contributed by atoms with E-state index in [9.17, 15) is 8.42 Å². The molecule has 1 aromatic heterocycles. The third kappa shape index (κ3) is 4.07. The van der Waals surface area contributed by atoms with Gasteiger partial charge in [0.05, 0.1) is 16.2 Å². The number of hydrogen-bond acceptors (Lipinski definition) is 6. The topological polar surface area (TPSA) is 88.3 Å². The molecule has 7 heteroatoms. The summed E-state index contributed by atoms with van der Waals surface area (Å²) < 4.78 is 25.6. The van der Waals surface area contributed by atoms with Crippen LogP contribution < -0.4 is 16.0 Å². The molecule has 0 bridgehead atoms. The predicted octanol–water partition coefficient (Wildman–Crippen LogP) is 4.02. The second-order valence-electron chi connectivity index (χ2n) is 9.10. The van der Waals surface area contributed by atoms with E-state index in [1.807, 2.05) is 18.2 Å².